The Balaban J connectivity index is 1.62. The Morgan fingerprint density at radius 2 is 1.87 bits per heavy atom. The van der Waals surface area contributed by atoms with Gasteiger partial charge in [0.05, 0.1) is 17.6 Å². The van der Waals surface area contributed by atoms with Gasteiger partial charge in [0.2, 0.25) is 5.91 Å². The number of nitrogens with zero attached hydrogens (tertiary/aromatic N) is 3. The van der Waals surface area contributed by atoms with E-state index >= 15 is 0 Å². The second-order valence-corrected chi connectivity index (χ2v) is 8.08. The van der Waals surface area contributed by atoms with Crippen LogP contribution in [0, 0.1) is 20.8 Å². The largest absolute Gasteiger partial charge is 0.325 e. The molecule has 0 saturated heterocycles. The minimum absolute atomic E-state index is 0.116. The average molecular weight is 420 g/mol. The summed E-state index contributed by atoms with van der Waals surface area (Å²) in [6.07, 6.45) is 1.47. The van der Waals surface area contributed by atoms with Crippen LogP contribution in [0.1, 0.15) is 16.7 Å². The first-order chi connectivity index (χ1) is 14.4. The number of nitrogens with one attached hydrogen (secondary N) is 2. The number of anilines is 1. The van der Waals surface area contributed by atoms with Crippen LogP contribution in [0.25, 0.3) is 16.7 Å². The molecule has 0 radical (unpaired) electrons. The standard InChI is InChI=1S/C22H21N5O2S/c1-13-4-8-17(9-5-13)27-21(29)18-11-23-26-20(18)25-22(27)30-12-19(28)24-16-7-6-14(2)15(3)10-16/h4-11H,12H2,1-3H3,(H,23,26)(H,24,28). The fraction of sp³-hybridized carbons (Fsp3) is 0.182. The van der Waals surface area contributed by atoms with Crippen LogP contribution in [0.5, 0.6) is 0 Å². The smallest absolute Gasteiger partial charge is 0.269 e. The zero-order valence-electron chi connectivity index (χ0n) is 16.9. The maximum absolute atomic E-state index is 13.0. The van der Waals surface area contributed by atoms with Crippen LogP contribution in [0.3, 0.4) is 0 Å². The molecule has 0 fully saturated rings. The lowest BCUT2D eigenvalue weighted by Crippen LogP contribution is -2.22. The molecule has 1 amide bonds. The number of hydrogen-bond donors (Lipinski definition) is 2. The topological polar surface area (TPSA) is 92.7 Å². The third-order valence-corrected chi connectivity index (χ3v) is 5.81. The molecule has 0 spiro atoms. The summed E-state index contributed by atoms with van der Waals surface area (Å²) >= 11 is 1.21. The van der Waals surface area contributed by atoms with Crippen molar-refractivity contribution >= 4 is 34.4 Å². The number of benzene rings is 2. The Hall–Kier alpha value is -3.39. The number of aromatic amines is 1. The van der Waals surface area contributed by atoms with Gasteiger partial charge in [-0.25, -0.2) is 4.98 Å². The third-order valence-electron chi connectivity index (χ3n) is 4.87. The molecular weight excluding hydrogens is 398 g/mol. The van der Waals surface area contributed by atoms with Crippen molar-refractivity contribution in [2.75, 3.05) is 11.1 Å². The highest BCUT2D eigenvalue weighted by Crippen LogP contribution is 2.21. The second-order valence-electron chi connectivity index (χ2n) is 7.14. The molecule has 0 bridgehead atoms. The van der Waals surface area contributed by atoms with Crippen LogP contribution in [0.15, 0.2) is 58.6 Å². The number of carbonyl (C=O) groups excluding carboxylic acids is 1. The summed E-state index contributed by atoms with van der Waals surface area (Å²) in [7, 11) is 0. The molecule has 4 aromatic rings. The molecule has 30 heavy (non-hydrogen) atoms. The number of amides is 1. The van der Waals surface area contributed by atoms with E-state index in [2.05, 4.69) is 20.5 Å². The molecule has 0 aliphatic heterocycles. The number of aryl methyl sites for hydroxylation is 3. The first-order valence-corrected chi connectivity index (χ1v) is 10.4. The van der Waals surface area contributed by atoms with E-state index in [0.717, 1.165) is 16.8 Å². The van der Waals surface area contributed by atoms with Gasteiger partial charge >= 0.3 is 0 Å². The van der Waals surface area contributed by atoms with Crippen molar-refractivity contribution in [3.8, 4) is 5.69 Å². The van der Waals surface area contributed by atoms with Crippen molar-refractivity contribution in [3.63, 3.8) is 0 Å². The molecule has 152 valence electrons. The molecule has 2 heterocycles. The zero-order valence-corrected chi connectivity index (χ0v) is 17.7. The Morgan fingerprint density at radius 3 is 2.60 bits per heavy atom. The van der Waals surface area contributed by atoms with Gasteiger partial charge in [-0.05, 0) is 56.2 Å². The van der Waals surface area contributed by atoms with Crippen LogP contribution < -0.4 is 10.9 Å². The van der Waals surface area contributed by atoms with Crippen molar-refractivity contribution in [2.24, 2.45) is 0 Å². The van der Waals surface area contributed by atoms with Gasteiger partial charge in [0, 0.05) is 5.69 Å². The van der Waals surface area contributed by atoms with E-state index in [0.29, 0.717) is 21.9 Å². The summed E-state index contributed by atoms with van der Waals surface area (Å²) < 4.78 is 1.52. The summed E-state index contributed by atoms with van der Waals surface area (Å²) in [4.78, 5) is 30.1. The number of aromatic nitrogens is 4. The Labute approximate surface area is 177 Å². The molecule has 2 aromatic heterocycles. The molecule has 0 atom stereocenters. The lowest BCUT2D eigenvalue weighted by atomic mass is 10.1. The molecule has 2 aromatic carbocycles. The highest BCUT2D eigenvalue weighted by Gasteiger charge is 2.16. The van der Waals surface area contributed by atoms with E-state index in [1.54, 1.807) is 0 Å². The van der Waals surface area contributed by atoms with Gasteiger partial charge in [-0.3, -0.25) is 19.3 Å². The lowest BCUT2D eigenvalue weighted by molar-refractivity contribution is -0.113. The summed E-state index contributed by atoms with van der Waals surface area (Å²) in [5.74, 6) is -0.0529. The minimum atomic E-state index is -0.227. The van der Waals surface area contributed by atoms with E-state index < -0.39 is 0 Å². The van der Waals surface area contributed by atoms with Crippen LogP contribution >= 0.6 is 11.8 Å². The normalized spacial score (nSPS) is 11.0. The maximum Gasteiger partial charge on any atom is 0.269 e. The van der Waals surface area contributed by atoms with Crippen LogP contribution in [-0.2, 0) is 4.79 Å². The average Bonchev–Trinajstić information content (AvgIpc) is 3.19. The van der Waals surface area contributed by atoms with E-state index in [-0.39, 0.29) is 17.2 Å². The minimum Gasteiger partial charge on any atom is -0.325 e. The van der Waals surface area contributed by atoms with Crippen LogP contribution in [-0.4, -0.2) is 31.4 Å². The fourth-order valence-corrected chi connectivity index (χ4v) is 3.84. The first-order valence-electron chi connectivity index (χ1n) is 9.45. The number of fused-ring (bicyclic) bond motifs is 1. The number of thioether (sulfide) groups is 1. The lowest BCUT2D eigenvalue weighted by Gasteiger charge is -2.12. The van der Waals surface area contributed by atoms with Crippen LogP contribution in [0.2, 0.25) is 0 Å². The van der Waals surface area contributed by atoms with E-state index in [1.807, 2.05) is 63.2 Å². The number of carbonyl (C=O) groups is 1. The maximum atomic E-state index is 13.0. The zero-order chi connectivity index (χ0) is 21.3. The number of H-pyrrole nitrogens is 1. The quantitative estimate of drug-likeness (QED) is 0.379. The summed E-state index contributed by atoms with van der Waals surface area (Å²) in [5.41, 5.74) is 4.98. The molecule has 2 N–H and O–H groups in total. The van der Waals surface area contributed by atoms with E-state index in [4.69, 9.17) is 0 Å². The highest BCUT2D eigenvalue weighted by atomic mass is 32.2. The number of rotatable bonds is 5. The third kappa shape index (κ3) is 3.99. The second kappa shape index (κ2) is 8.16. The van der Waals surface area contributed by atoms with Gasteiger partial charge in [-0.1, -0.05) is 35.5 Å². The van der Waals surface area contributed by atoms with Crippen molar-refractivity contribution in [2.45, 2.75) is 25.9 Å². The van der Waals surface area contributed by atoms with Gasteiger partial charge in [0.25, 0.3) is 5.56 Å². The Kier molecular flexibility index (Phi) is 5.41. The predicted molar refractivity (Wildman–Crippen MR) is 119 cm³/mol. The Morgan fingerprint density at radius 1 is 1.10 bits per heavy atom. The molecular formula is C22H21N5O2S. The molecule has 0 aliphatic rings. The predicted octanol–water partition coefficient (Wildman–Crippen LogP) is 3.76. The molecule has 7 nitrogen and oxygen atoms in total. The van der Waals surface area contributed by atoms with Crippen LogP contribution in [0.4, 0.5) is 5.69 Å². The van der Waals surface area contributed by atoms with Gasteiger partial charge in [0.15, 0.2) is 10.8 Å². The van der Waals surface area contributed by atoms with Gasteiger partial charge < -0.3 is 5.32 Å². The van der Waals surface area contributed by atoms with Gasteiger partial charge in [0.1, 0.15) is 5.39 Å². The molecule has 0 saturated carbocycles. The highest BCUT2D eigenvalue weighted by molar-refractivity contribution is 7.99. The fourth-order valence-electron chi connectivity index (χ4n) is 3.04. The summed E-state index contributed by atoms with van der Waals surface area (Å²) in [5, 5.41) is 10.4. The first kappa shape index (κ1) is 19.9. The van der Waals surface area contributed by atoms with Crippen molar-refractivity contribution in [1.82, 2.24) is 19.7 Å². The summed E-state index contributed by atoms with van der Waals surface area (Å²) in [6, 6.07) is 13.4. The molecule has 4 rings (SSSR count). The summed E-state index contributed by atoms with van der Waals surface area (Å²) in [6.45, 7) is 6.01. The van der Waals surface area contributed by atoms with Gasteiger partial charge in [-0.15, -0.1) is 0 Å². The number of hydrogen-bond acceptors (Lipinski definition) is 5. The van der Waals surface area contributed by atoms with Gasteiger partial charge in [-0.2, -0.15) is 5.10 Å². The van der Waals surface area contributed by atoms with Crippen molar-refractivity contribution < 1.29 is 4.79 Å². The molecule has 8 heteroatoms. The van der Waals surface area contributed by atoms with Crippen molar-refractivity contribution in [3.05, 3.63) is 75.7 Å². The monoisotopic (exact) mass is 419 g/mol. The molecule has 0 aliphatic carbocycles. The van der Waals surface area contributed by atoms with E-state index in [1.165, 1.54) is 28.1 Å². The molecule has 0 unspecified atom stereocenters. The van der Waals surface area contributed by atoms with Crippen molar-refractivity contribution in [1.29, 1.82) is 0 Å². The SMILES string of the molecule is Cc1ccc(-n2c(SCC(=O)Nc3ccc(C)c(C)c3)nc3[nH]ncc3c2=O)cc1. The van der Waals surface area contributed by atoms with E-state index in [9.17, 15) is 9.59 Å². The Bertz CT molecular complexity index is 1290.